The first-order valence-electron chi connectivity index (χ1n) is 9.27. The highest BCUT2D eigenvalue weighted by Gasteiger charge is 2.16. The molecule has 30 heavy (non-hydrogen) atoms. The van der Waals surface area contributed by atoms with Gasteiger partial charge in [0, 0.05) is 28.8 Å². The third-order valence-electron chi connectivity index (χ3n) is 4.91. The van der Waals surface area contributed by atoms with Crippen molar-refractivity contribution in [1.29, 1.82) is 0 Å². The van der Waals surface area contributed by atoms with Crippen LogP contribution in [0.1, 0.15) is 11.4 Å². The SMILES string of the molecule is COc1cc2nc(C)n(CC(=O)Nc3cc(-c4csnn4)ccc3C)c2cc1OC. The van der Waals surface area contributed by atoms with E-state index in [1.54, 1.807) is 14.2 Å². The molecule has 0 aliphatic heterocycles. The maximum absolute atomic E-state index is 12.9. The number of benzene rings is 2. The van der Waals surface area contributed by atoms with Crippen LogP contribution in [-0.4, -0.2) is 39.3 Å². The van der Waals surface area contributed by atoms with Gasteiger partial charge in [-0.2, -0.15) is 0 Å². The number of methoxy groups -OCH3 is 2. The van der Waals surface area contributed by atoms with E-state index in [1.807, 2.05) is 54.1 Å². The lowest BCUT2D eigenvalue weighted by Crippen LogP contribution is -2.20. The van der Waals surface area contributed by atoms with Crippen LogP contribution < -0.4 is 14.8 Å². The summed E-state index contributed by atoms with van der Waals surface area (Å²) in [4.78, 5) is 17.4. The molecule has 2 aromatic heterocycles. The van der Waals surface area contributed by atoms with E-state index in [9.17, 15) is 4.79 Å². The van der Waals surface area contributed by atoms with Crippen LogP contribution in [0.25, 0.3) is 22.3 Å². The molecular formula is C21H21N5O3S. The summed E-state index contributed by atoms with van der Waals surface area (Å²) in [5, 5.41) is 8.97. The van der Waals surface area contributed by atoms with Crippen molar-refractivity contribution in [3.05, 3.63) is 47.1 Å². The number of aromatic nitrogens is 4. The number of anilines is 1. The van der Waals surface area contributed by atoms with Crippen LogP contribution in [0.3, 0.4) is 0 Å². The number of imidazole rings is 1. The number of ether oxygens (including phenoxy) is 2. The Balaban J connectivity index is 1.61. The van der Waals surface area contributed by atoms with Crippen molar-refractivity contribution >= 4 is 34.2 Å². The average molecular weight is 423 g/mol. The number of hydrogen-bond donors (Lipinski definition) is 1. The standard InChI is InChI=1S/C21H21N5O3S/c1-12-5-6-14(17-11-30-25-24-17)7-15(12)23-21(27)10-26-13(2)22-16-8-19(28-3)20(29-4)9-18(16)26/h5-9,11H,10H2,1-4H3,(H,23,27). The Kier molecular flexibility index (Phi) is 5.37. The van der Waals surface area contributed by atoms with E-state index in [1.165, 1.54) is 11.5 Å². The Morgan fingerprint density at radius 3 is 2.60 bits per heavy atom. The summed E-state index contributed by atoms with van der Waals surface area (Å²) in [6, 6.07) is 9.48. The van der Waals surface area contributed by atoms with Crippen molar-refractivity contribution in [3.8, 4) is 22.8 Å². The minimum Gasteiger partial charge on any atom is -0.493 e. The minimum atomic E-state index is -0.149. The van der Waals surface area contributed by atoms with E-state index in [2.05, 4.69) is 19.9 Å². The number of nitrogens with one attached hydrogen (secondary N) is 1. The molecule has 4 aromatic rings. The van der Waals surface area contributed by atoms with E-state index in [0.717, 1.165) is 39.4 Å². The topological polar surface area (TPSA) is 91.2 Å². The lowest BCUT2D eigenvalue weighted by molar-refractivity contribution is -0.116. The first-order valence-corrected chi connectivity index (χ1v) is 10.1. The molecule has 2 heterocycles. The van der Waals surface area contributed by atoms with Gasteiger partial charge in [0.25, 0.3) is 0 Å². The molecule has 1 amide bonds. The molecule has 0 aliphatic carbocycles. The summed E-state index contributed by atoms with van der Waals surface area (Å²) < 4.78 is 16.5. The Morgan fingerprint density at radius 1 is 1.13 bits per heavy atom. The molecule has 0 fully saturated rings. The Labute approximate surface area is 177 Å². The van der Waals surface area contributed by atoms with E-state index >= 15 is 0 Å². The third-order valence-corrected chi connectivity index (χ3v) is 5.42. The fraction of sp³-hybridized carbons (Fsp3) is 0.238. The van der Waals surface area contributed by atoms with Gasteiger partial charge >= 0.3 is 0 Å². The number of fused-ring (bicyclic) bond motifs is 1. The Hall–Kier alpha value is -3.46. The summed E-state index contributed by atoms with van der Waals surface area (Å²) in [7, 11) is 3.16. The molecule has 1 N–H and O–H groups in total. The van der Waals surface area contributed by atoms with Crippen LogP contribution in [0.5, 0.6) is 11.5 Å². The second-order valence-corrected chi connectivity index (χ2v) is 7.42. The molecule has 0 saturated carbocycles. The summed E-state index contributed by atoms with van der Waals surface area (Å²) >= 11 is 1.29. The molecule has 0 bridgehead atoms. The van der Waals surface area contributed by atoms with Gasteiger partial charge in [-0.1, -0.05) is 16.6 Å². The van der Waals surface area contributed by atoms with Crippen LogP contribution in [-0.2, 0) is 11.3 Å². The second-order valence-electron chi connectivity index (χ2n) is 6.81. The zero-order valence-electron chi connectivity index (χ0n) is 17.1. The lowest BCUT2D eigenvalue weighted by Gasteiger charge is -2.12. The number of amides is 1. The normalized spacial score (nSPS) is 10.9. The molecule has 0 aliphatic rings. The number of aryl methyl sites for hydroxylation is 2. The van der Waals surface area contributed by atoms with Gasteiger partial charge < -0.3 is 19.4 Å². The zero-order chi connectivity index (χ0) is 21.3. The highest BCUT2D eigenvalue weighted by Crippen LogP contribution is 2.32. The van der Waals surface area contributed by atoms with Crippen molar-refractivity contribution in [3.63, 3.8) is 0 Å². The van der Waals surface area contributed by atoms with Gasteiger partial charge in [0.05, 0.1) is 25.3 Å². The Morgan fingerprint density at radius 2 is 1.90 bits per heavy atom. The maximum Gasteiger partial charge on any atom is 0.244 e. The van der Waals surface area contributed by atoms with Crippen molar-refractivity contribution in [2.24, 2.45) is 0 Å². The largest absolute Gasteiger partial charge is 0.493 e. The summed E-state index contributed by atoms with van der Waals surface area (Å²) in [5.74, 6) is 1.77. The molecule has 0 atom stereocenters. The van der Waals surface area contributed by atoms with Gasteiger partial charge in [-0.25, -0.2) is 4.98 Å². The number of carbonyl (C=O) groups is 1. The second kappa shape index (κ2) is 8.11. The predicted octanol–water partition coefficient (Wildman–Crippen LogP) is 3.83. The first kappa shape index (κ1) is 19.8. The Bertz CT molecular complexity index is 1220. The van der Waals surface area contributed by atoms with Crippen molar-refractivity contribution < 1.29 is 14.3 Å². The van der Waals surface area contributed by atoms with Gasteiger partial charge in [-0.3, -0.25) is 4.79 Å². The van der Waals surface area contributed by atoms with E-state index < -0.39 is 0 Å². The van der Waals surface area contributed by atoms with Crippen LogP contribution in [0, 0.1) is 13.8 Å². The molecule has 0 radical (unpaired) electrons. The van der Waals surface area contributed by atoms with Crippen LogP contribution in [0.4, 0.5) is 5.69 Å². The van der Waals surface area contributed by atoms with Crippen molar-refractivity contribution in [2.45, 2.75) is 20.4 Å². The van der Waals surface area contributed by atoms with E-state index in [0.29, 0.717) is 11.5 Å². The summed E-state index contributed by atoms with van der Waals surface area (Å²) in [6.45, 7) is 3.95. The van der Waals surface area contributed by atoms with Crippen LogP contribution in [0.15, 0.2) is 35.7 Å². The number of hydrogen-bond acceptors (Lipinski definition) is 7. The molecule has 154 valence electrons. The number of carbonyl (C=O) groups excluding carboxylic acids is 1. The van der Waals surface area contributed by atoms with Gasteiger partial charge in [0.1, 0.15) is 18.1 Å². The zero-order valence-corrected chi connectivity index (χ0v) is 17.9. The lowest BCUT2D eigenvalue weighted by atomic mass is 10.1. The molecule has 4 rings (SSSR count). The first-order chi connectivity index (χ1) is 14.5. The van der Waals surface area contributed by atoms with E-state index in [4.69, 9.17) is 9.47 Å². The highest BCUT2D eigenvalue weighted by molar-refractivity contribution is 7.03. The van der Waals surface area contributed by atoms with Gasteiger partial charge in [0.2, 0.25) is 5.91 Å². The monoisotopic (exact) mass is 423 g/mol. The van der Waals surface area contributed by atoms with Gasteiger partial charge in [-0.15, -0.1) is 5.10 Å². The number of nitrogens with zero attached hydrogens (tertiary/aromatic N) is 4. The quantitative estimate of drug-likeness (QED) is 0.507. The van der Waals surface area contributed by atoms with Crippen LogP contribution >= 0.6 is 11.5 Å². The van der Waals surface area contributed by atoms with Gasteiger partial charge in [0.15, 0.2) is 11.5 Å². The smallest absolute Gasteiger partial charge is 0.244 e. The molecular weight excluding hydrogens is 402 g/mol. The molecule has 2 aromatic carbocycles. The highest BCUT2D eigenvalue weighted by atomic mass is 32.1. The molecule has 8 nitrogen and oxygen atoms in total. The minimum absolute atomic E-state index is 0.125. The third kappa shape index (κ3) is 3.71. The van der Waals surface area contributed by atoms with Gasteiger partial charge in [-0.05, 0) is 37.0 Å². The summed E-state index contributed by atoms with van der Waals surface area (Å²) in [5.41, 5.74) is 4.95. The molecule has 0 spiro atoms. The van der Waals surface area contributed by atoms with Crippen molar-refractivity contribution in [2.75, 3.05) is 19.5 Å². The molecule has 0 unspecified atom stereocenters. The number of rotatable bonds is 6. The maximum atomic E-state index is 12.9. The van der Waals surface area contributed by atoms with Crippen LogP contribution in [0.2, 0.25) is 0 Å². The fourth-order valence-corrected chi connectivity index (χ4v) is 3.78. The average Bonchev–Trinajstić information content (AvgIpc) is 3.37. The van der Waals surface area contributed by atoms with E-state index in [-0.39, 0.29) is 12.5 Å². The fourth-order valence-electron chi connectivity index (χ4n) is 3.31. The summed E-state index contributed by atoms with van der Waals surface area (Å²) in [6.07, 6.45) is 0. The predicted molar refractivity (Wildman–Crippen MR) is 116 cm³/mol. The molecule has 9 heteroatoms. The molecule has 0 saturated heterocycles. The van der Waals surface area contributed by atoms with Crippen molar-refractivity contribution in [1.82, 2.24) is 19.1 Å².